The number of aromatic nitrogens is 2. The number of piperidine rings is 1. The van der Waals surface area contributed by atoms with Crippen LogP contribution in [0.5, 0.6) is 0 Å². The van der Waals surface area contributed by atoms with Crippen molar-refractivity contribution in [3.8, 4) is 0 Å². The van der Waals surface area contributed by atoms with Crippen LogP contribution in [0.15, 0.2) is 29.4 Å². The van der Waals surface area contributed by atoms with Gasteiger partial charge in [0.15, 0.2) is 5.16 Å². The number of hydrogen-bond acceptors (Lipinski definition) is 4. The van der Waals surface area contributed by atoms with Crippen molar-refractivity contribution in [3.63, 3.8) is 0 Å². The molecule has 6 nitrogen and oxygen atoms in total. The van der Waals surface area contributed by atoms with E-state index in [0.717, 1.165) is 30.3 Å². The lowest BCUT2D eigenvalue weighted by molar-refractivity contribution is 0.0125. The molecule has 2 heterocycles. The first kappa shape index (κ1) is 17.9. The highest BCUT2D eigenvalue weighted by Crippen LogP contribution is 2.22. The number of nitrogens with one attached hydrogen (secondary N) is 1. The predicted molar refractivity (Wildman–Crippen MR) is 97.9 cm³/mol. The second-order valence-corrected chi connectivity index (χ2v) is 8.81. The molecule has 7 heteroatoms. The minimum atomic E-state index is -1.29. The molecule has 1 saturated heterocycles. The second kappa shape index (κ2) is 7.15. The second-order valence-electron chi connectivity index (χ2n) is 7.39. The Bertz CT molecular complexity index is 748. The number of imidazole rings is 1. The van der Waals surface area contributed by atoms with Crippen LogP contribution in [0.3, 0.4) is 0 Å². The zero-order valence-corrected chi connectivity index (χ0v) is 15.8. The zero-order valence-electron chi connectivity index (χ0n) is 14.9. The number of carbonyl (C=O) groups is 1. The van der Waals surface area contributed by atoms with Gasteiger partial charge in [-0.3, -0.25) is 4.21 Å². The number of amides is 1. The molecular formula is C18H25N3O3S. The van der Waals surface area contributed by atoms with Gasteiger partial charge in [0.2, 0.25) is 0 Å². The monoisotopic (exact) mass is 363 g/mol. The van der Waals surface area contributed by atoms with Crippen LogP contribution in [0.25, 0.3) is 11.0 Å². The lowest BCUT2D eigenvalue weighted by atomic mass is 10.0. The van der Waals surface area contributed by atoms with Gasteiger partial charge in [-0.2, -0.15) is 0 Å². The SMILES string of the molecule is CC(C)(C)OC(=O)N1CCCC[C@@H]1C[S@@](=O)c1nc2ccccc2[nH]1. The standard InChI is InChI=1S/C18H25N3O3S/c1-18(2,3)24-17(22)21-11-7-6-8-13(21)12-25(23)16-19-14-9-4-5-10-15(14)20-16/h4-5,9-10,13H,6-8,11-12H2,1-3H3,(H,19,20)/t13-,25-/m1/s1. The Kier molecular flexibility index (Phi) is 5.13. The molecule has 2 atom stereocenters. The van der Waals surface area contributed by atoms with E-state index in [2.05, 4.69) is 9.97 Å². The molecule has 1 N–H and O–H groups in total. The molecular weight excluding hydrogens is 338 g/mol. The first-order chi connectivity index (χ1) is 11.8. The molecule has 1 aliphatic heterocycles. The molecule has 0 spiro atoms. The van der Waals surface area contributed by atoms with Crippen molar-refractivity contribution in [2.75, 3.05) is 12.3 Å². The average molecular weight is 363 g/mol. The molecule has 0 saturated carbocycles. The van der Waals surface area contributed by atoms with Crippen molar-refractivity contribution in [1.29, 1.82) is 0 Å². The van der Waals surface area contributed by atoms with E-state index < -0.39 is 16.4 Å². The average Bonchev–Trinajstić information content (AvgIpc) is 2.98. The Labute approximate surface area is 150 Å². The van der Waals surface area contributed by atoms with Crippen molar-refractivity contribution < 1.29 is 13.7 Å². The minimum absolute atomic E-state index is 0.0855. The zero-order chi connectivity index (χ0) is 18.0. The Morgan fingerprint density at radius 2 is 2.12 bits per heavy atom. The van der Waals surface area contributed by atoms with E-state index in [1.807, 2.05) is 45.0 Å². The van der Waals surface area contributed by atoms with Crippen molar-refractivity contribution >= 4 is 27.9 Å². The number of nitrogens with zero attached hydrogens (tertiary/aromatic N) is 2. The molecule has 25 heavy (non-hydrogen) atoms. The molecule has 1 amide bonds. The number of rotatable bonds is 3. The van der Waals surface area contributed by atoms with Gasteiger partial charge in [-0.15, -0.1) is 0 Å². The normalized spacial score (nSPS) is 19.8. The number of fused-ring (bicyclic) bond motifs is 1. The first-order valence-electron chi connectivity index (χ1n) is 8.66. The quantitative estimate of drug-likeness (QED) is 0.906. The third kappa shape index (κ3) is 4.39. The topological polar surface area (TPSA) is 75.3 Å². The summed E-state index contributed by atoms with van der Waals surface area (Å²) in [4.78, 5) is 21.7. The number of aromatic amines is 1. The summed E-state index contributed by atoms with van der Waals surface area (Å²) in [5.74, 6) is 0.374. The Balaban J connectivity index is 1.72. The summed E-state index contributed by atoms with van der Waals surface area (Å²) in [6, 6.07) is 7.54. The maximum Gasteiger partial charge on any atom is 0.410 e. The number of hydrogen-bond donors (Lipinski definition) is 1. The third-order valence-corrected chi connectivity index (χ3v) is 5.49. The molecule has 0 radical (unpaired) electrons. The summed E-state index contributed by atoms with van der Waals surface area (Å²) in [7, 11) is -1.29. The number of H-pyrrole nitrogens is 1. The lowest BCUT2D eigenvalue weighted by Crippen LogP contribution is -2.48. The van der Waals surface area contributed by atoms with Crippen LogP contribution in [0.1, 0.15) is 40.0 Å². The van der Waals surface area contributed by atoms with Gasteiger partial charge in [0.25, 0.3) is 0 Å². The minimum Gasteiger partial charge on any atom is -0.444 e. The highest BCUT2D eigenvalue weighted by molar-refractivity contribution is 7.84. The van der Waals surface area contributed by atoms with Gasteiger partial charge in [-0.1, -0.05) is 12.1 Å². The third-order valence-electron chi connectivity index (χ3n) is 4.18. The van der Waals surface area contributed by atoms with Crippen LogP contribution < -0.4 is 0 Å². The van der Waals surface area contributed by atoms with Crippen LogP contribution in [-0.2, 0) is 15.5 Å². The van der Waals surface area contributed by atoms with Gasteiger partial charge < -0.3 is 14.6 Å². The molecule has 2 aromatic rings. The first-order valence-corrected chi connectivity index (χ1v) is 9.98. The Hall–Kier alpha value is -1.89. The molecule has 1 aromatic carbocycles. The number of likely N-dealkylation sites (tertiary alicyclic amines) is 1. The fraction of sp³-hybridized carbons (Fsp3) is 0.556. The largest absolute Gasteiger partial charge is 0.444 e. The summed E-state index contributed by atoms with van der Waals surface area (Å²) in [6.07, 6.45) is 2.50. The van der Waals surface area contributed by atoms with Crippen LogP contribution in [0, 0.1) is 0 Å². The molecule has 1 aliphatic rings. The van der Waals surface area contributed by atoms with Gasteiger partial charge in [0, 0.05) is 12.6 Å². The number of para-hydroxylation sites is 2. The molecule has 136 valence electrons. The molecule has 0 bridgehead atoms. The van der Waals surface area contributed by atoms with Crippen LogP contribution >= 0.6 is 0 Å². The summed E-state index contributed by atoms with van der Waals surface area (Å²) in [6.45, 7) is 6.22. The van der Waals surface area contributed by atoms with Crippen LogP contribution in [0.4, 0.5) is 4.79 Å². The van der Waals surface area contributed by atoms with E-state index in [4.69, 9.17) is 4.74 Å². The number of benzene rings is 1. The molecule has 1 aromatic heterocycles. The Morgan fingerprint density at radius 1 is 1.36 bits per heavy atom. The maximum absolute atomic E-state index is 12.8. The summed E-state index contributed by atoms with van der Waals surface area (Å²) >= 11 is 0. The van der Waals surface area contributed by atoms with Crippen molar-refractivity contribution in [1.82, 2.24) is 14.9 Å². The van der Waals surface area contributed by atoms with Crippen LogP contribution in [0.2, 0.25) is 0 Å². The van der Waals surface area contributed by atoms with E-state index >= 15 is 0 Å². The highest BCUT2D eigenvalue weighted by atomic mass is 32.2. The summed E-state index contributed by atoms with van der Waals surface area (Å²) in [5.41, 5.74) is 1.15. The smallest absolute Gasteiger partial charge is 0.410 e. The molecule has 0 unspecified atom stereocenters. The van der Waals surface area contributed by atoms with E-state index in [0.29, 0.717) is 17.5 Å². The summed E-state index contributed by atoms with van der Waals surface area (Å²) in [5, 5.41) is 0.468. The van der Waals surface area contributed by atoms with Crippen LogP contribution in [-0.4, -0.2) is 49.1 Å². The van der Waals surface area contributed by atoms with Gasteiger partial charge in [0.1, 0.15) is 5.60 Å². The highest BCUT2D eigenvalue weighted by Gasteiger charge is 2.32. The lowest BCUT2D eigenvalue weighted by Gasteiger charge is -2.36. The van der Waals surface area contributed by atoms with Gasteiger partial charge >= 0.3 is 6.09 Å². The summed E-state index contributed by atoms with van der Waals surface area (Å²) < 4.78 is 18.3. The Morgan fingerprint density at radius 3 is 2.84 bits per heavy atom. The van der Waals surface area contributed by atoms with Crippen molar-refractivity contribution in [3.05, 3.63) is 24.3 Å². The molecule has 0 aliphatic carbocycles. The van der Waals surface area contributed by atoms with E-state index in [1.54, 1.807) is 4.90 Å². The van der Waals surface area contributed by atoms with E-state index in [-0.39, 0.29) is 12.1 Å². The fourth-order valence-corrected chi connectivity index (χ4v) is 4.30. The van der Waals surface area contributed by atoms with Gasteiger partial charge in [0.05, 0.1) is 27.6 Å². The number of ether oxygens (including phenoxy) is 1. The van der Waals surface area contributed by atoms with E-state index in [9.17, 15) is 9.00 Å². The van der Waals surface area contributed by atoms with Gasteiger partial charge in [-0.05, 0) is 52.2 Å². The molecule has 1 fully saturated rings. The fourth-order valence-electron chi connectivity index (χ4n) is 3.03. The predicted octanol–water partition coefficient (Wildman–Crippen LogP) is 3.46. The molecule has 3 rings (SSSR count). The van der Waals surface area contributed by atoms with Crippen molar-refractivity contribution in [2.24, 2.45) is 0 Å². The van der Waals surface area contributed by atoms with Gasteiger partial charge in [-0.25, -0.2) is 9.78 Å². The van der Waals surface area contributed by atoms with Crippen molar-refractivity contribution in [2.45, 2.75) is 56.8 Å². The number of carbonyl (C=O) groups excluding carboxylic acids is 1. The maximum atomic E-state index is 12.8. The van der Waals surface area contributed by atoms with E-state index in [1.165, 1.54) is 0 Å².